The number of thiazole rings is 1. The number of nitrogens with zero attached hydrogens (tertiary/aromatic N) is 1. The number of aryl methyl sites for hydroxylation is 1. The molecule has 0 aliphatic heterocycles. The van der Waals surface area contributed by atoms with Gasteiger partial charge in [0, 0.05) is 29.2 Å². The van der Waals surface area contributed by atoms with Gasteiger partial charge in [-0.3, -0.25) is 9.59 Å². The normalized spacial score (nSPS) is 11.6. The number of rotatable bonds is 14. The summed E-state index contributed by atoms with van der Waals surface area (Å²) in [6.45, 7) is 0.428. The van der Waals surface area contributed by atoms with Crippen LogP contribution in [0.25, 0.3) is 21.3 Å². The van der Waals surface area contributed by atoms with Crippen LogP contribution in [-0.4, -0.2) is 32.9 Å². The van der Waals surface area contributed by atoms with Gasteiger partial charge in [-0.2, -0.15) is 0 Å². The standard InChI is InChI=1S/C43H35FN4O5S/c44-35-21-18-31(24-34(35)43(51)52)46-41(50)39-40(29-11-5-2-6-12-29)54-42(48-39)37(47-38(49)22-17-30-25-45-36-14-8-7-13-33(30)36)23-27-15-19-32(20-16-27)53-26-28-9-3-1-4-10-28/h1-16,18-21,24-25,37,45H,17,22-23,26H2,(H,46,50)(H,47,49)(H,51,52)/t37-/m0/s1. The molecule has 11 heteroatoms. The molecule has 4 N–H and O–H groups in total. The van der Waals surface area contributed by atoms with Gasteiger partial charge < -0.3 is 25.5 Å². The number of nitrogens with one attached hydrogen (secondary N) is 3. The molecule has 9 nitrogen and oxygen atoms in total. The molecule has 7 aromatic rings. The summed E-state index contributed by atoms with van der Waals surface area (Å²) >= 11 is 1.29. The number of hydrogen-bond acceptors (Lipinski definition) is 6. The van der Waals surface area contributed by atoms with E-state index in [9.17, 15) is 23.9 Å². The lowest BCUT2D eigenvalue weighted by Crippen LogP contribution is -2.30. The zero-order valence-electron chi connectivity index (χ0n) is 28.9. The third-order valence-electron chi connectivity index (χ3n) is 8.89. The zero-order valence-corrected chi connectivity index (χ0v) is 29.7. The summed E-state index contributed by atoms with van der Waals surface area (Å²) in [5.41, 5.74) is 4.37. The quantitative estimate of drug-likeness (QED) is 0.0881. The molecule has 2 aromatic heterocycles. The highest BCUT2D eigenvalue weighted by molar-refractivity contribution is 7.15. The molecule has 0 radical (unpaired) electrons. The molecule has 0 spiro atoms. The van der Waals surface area contributed by atoms with Crippen molar-refractivity contribution < 1.29 is 28.6 Å². The number of aromatic nitrogens is 2. The van der Waals surface area contributed by atoms with Crippen LogP contribution < -0.4 is 15.4 Å². The van der Waals surface area contributed by atoms with E-state index in [0.717, 1.165) is 45.3 Å². The van der Waals surface area contributed by atoms with Crippen LogP contribution in [0, 0.1) is 5.82 Å². The molecule has 7 rings (SSSR count). The number of halogens is 1. The summed E-state index contributed by atoms with van der Waals surface area (Å²) in [6, 6.07) is 37.5. The van der Waals surface area contributed by atoms with Gasteiger partial charge in [-0.15, -0.1) is 11.3 Å². The zero-order chi connectivity index (χ0) is 37.4. The summed E-state index contributed by atoms with van der Waals surface area (Å²) in [5.74, 6) is -2.45. The maximum Gasteiger partial charge on any atom is 0.338 e. The minimum Gasteiger partial charge on any atom is -0.489 e. The first-order valence-corrected chi connectivity index (χ1v) is 18.1. The Kier molecular flexibility index (Phi) is 10.9. The fraction of sp³-hybridized carbons (Fsp3) is 0.116. The third-order valence-corrected chi connectivity index (χ3v) is 10.1. The number of hydrogen-bond donors (Lipinski definition) is 4. The molecule has 0 saturated heterocycles. The van der Waals surface area contributed by atoms with E-state index in [2.05, 4.69) is 15.6 Å². The molecule has 0 saturated carbocycles. The van der Waals surface area contributed by atoms with E-state index in [0.29, 0.717) is 35.1 Å². The highest BCUT2D eigenvalue weighted by Gasteiger charge is 2.26. The summed E-state index contributed by atoms with van der Waals surface area (Å²) in [4.78, 5) is 47.7. The van der Waals surface area contributed by atoms with E-state index in [-0.39, 0.29) is 23.7 Å². The summed E-state index contributed by atoms with van der Waals surface area (Å²) in [6.07, 6.45) is 3.05. The van der Waals surface area contributed by atoms with Gasteiger partial charge >= 0.3 is 5.97 Å². The molecule has 1 atom stereocenters. The molecule has 0 aliphatic rings. The van der Waals surface area contributed by atoms with Crippen molar-refractivity contribution in [1.82, 2.24) is 15.3 Å². The second-order valence-corrected chi connectivity index (χ2v) is 13.7. The molecule has 0 aliphatic carbocycles. The number of anilines is 1. The van der Waals surface area contributed by atoms with E-state index in [4.69, 9.17) is 9.72 Å². The molecule has 54 heavy (non-hydrogen) atoms. The number of benzene rings is 5. The van der Waals surface area contributed by atoms with Crippen molar-refractivity contribution in [3.8, 4) is 16.2 Å². The van der Waals surface area contributed by atoms with Crippen molar-refractivity contribution in [2.45, 2.75) is 31.9 Å². The highest BCUT2D eigenvalue weighted by atomic mass is 32.1. The van der Waals surface area contributed by atoms with Gasteiger partial charge in [0.15, 0.2) is 0 Å². The second-order valence-electron chi connectivity index (χ2n) is 12.7. The molecular formula is C43H35FN4O5S. The summed E-state index contributed by atoms with van der Waals surface area (Å²) in [5, 5.41) is 16.9. The first-order chi connectivity index (χ1) is 26.3. The first-order valence-electron chi connectivity index (χ1n) is 17.3. The van der Waals surface area contributed by atoms with Gasteiger partial charge in [-0.25, -0.2) is 14.2 Å². The summed E-state index contributed by atoms with van der Waals surface area (Å²) < 4.78 is 20.1. The Morgan fingerprint density at radius 3 is 2.33 bits per heavy atom. The first kappa shape index (κ1) is 35.8. The number of carboxylic acid groups (broad SMARTS) is 1. The molecule has 270 valence electrons. The lowest BCUT2D eigenvalue weighted by molar-refractivity contribution is -0.121. The number of carbonyl (C=O) groups excluding carboxylic acids is 2. The number of ether oxygens (including phenoxy) is 1. The number of aromatic amines is 1. The molecule has 2 amide bonds. The van der Waals surface area contributed by atoms with Crippen molar-refractivity contribution in [3.63, 3.8) is 0 Å². The van der Waals surface area contributed by atoms with Gasteiger partial charge in [0.2, 0.25) is 5.91 Å². The van der Waals surface area contributed by atoms with Crippen LogP contribution in [0.2, 0.25) is 0 Å². The molecule has 5 aromatic carbocycles. The van der Waals surface area contributed by atoms with Crippen LogP contribution in [0.1, 0.15) is 55.0 Å². The Balaban J connectivity index is 1.17. The predicted octanol–water partition coefficient (Wildman–Crippen LogP) is 8.99. The van der Waals surface area contributed by atoms with Crippen molar-refractivity contribution in [1.29, 1.82) is 0 Å². The van der Waals surface area contributed by atoms with E-state index >= 15 is 0 Å². The third kappa shape index (κ3) is 8.54. The Bertz CT molecular complexity index is 2410. The van der Waals surface area contributed by atoms with E-state index in [1.807, 2.05) is 115 Å². The Morgan fingerprint density at radius 2 is 1.57 bits per heavy atom. The van der Waals surface area contributed by atoms with Crippen LogP contribution in [0.4, 0.5) is 10.1 Å². The van der Waals surface area contributed by atoms with Crippen molar-refractivity contribution in [2.75, 3.05) is 5.32 Å². The molecule has 2 heterocycles. The fourth-order valence-electron chi connectivity index (χ4n) is 6.13. The number of para-hydroxylation sites is 1. The molecule has 0 bridgehead atoms. The number of carbonyl (C=O) groups is 3. The van der Waals surface area contributed by atoms with Crippen LogP contribution in [0.5, 0.6) is 5.75 Å². The average molecular weight is 739 g/mol. The average Bonchev–Trinajstić information content (AvgIpc) is 3.83. The Labute approximate surface area is 314 Å². The number of H-pyrrole nitrogens is 1. The van der Waals surface area contributed by atoms with Crippen molar-refractivity contribution >= 4 is 45.7 Å². The minimum absolute atomic E-state index is 0.0881. The smallest absolute Gasteiger partial charge is 0.338 e. The maximum atomic E-state index is 14.1. The number of carboxylic acids is 1. The predicted molar refractivity (Wildman–Crippen MR) is 207 cm³/mol. The largest absolute Gasteiger partial charge is 0.489 e. The SMILES string of the molecule is O=C(CCc1c[nH]c2ccccc12)N[C@@H](Cc1ccc(OCc2ccccc2)cc1)c1nc(C(=O)Nc2ccc(F)c(C(=O)O)c2)c(-c2ccccc2)s1. The monoisotopic (exact) mass is 738 g/mol. The lowest BCUT2D eigenvalue weighted by atomic mass is 10.0. The van der Waals surface area contributed by atoms with Gasteiger partial charge in [-0.1, -0.05) is 91.0 Å². The maximum absolute atomic E-state index is 14.1. The second kappa shape index (κ2) is 16.4. The highest BCUT2D eigenvalue weighted by Crippen LogP contribution is 2.35. The van der Waals surface area contributed by atoms with Crippen molar-refractivity contribution in [2.24, 2.45) is 0 Å². The van der Waals surface area contributed by atoms with Crippen LogP contribution in [0.3, 0.4) is 0 Å². The van der Waals surface area contributed by atoms with Crippen molar-refractivity contribution in [3.05, 3.63) is 172 Å². The van der Waals surface area contributed by atoms with Gasteiger partial charge in [-0.05, 0) is 71.5 Å². The number of aromatic carboxylic acids is 1. The number of amides is 2. The van der Waals surface area contributed by atoms with Crippen LogP contribution in [-0.2, 0) is 24.2 Å². The topological polar surface area (TPSA) is 133 Å². The fourth-order valence-corrected chi connectivity index (χ4v) is 7.25. The molecule has 0 fully saturated rings. The molecular weight excluding hydrogens is 704 g/mol. The van der Waals surface area contributed by atoms with Gasteiger partial charge in [0.05, 0.1) is 16.5 Å². The van der Waals surface area contributed by atoms with Crippen LogP contribution >= 0.6 is 11.3 Å². The Morgan fingerprint density at radius 1 is 0.852 bits per heavy atom. The van der Waals surface area contributed by atoms with Gasteiger partial charge in [0.25, 0.3) is 5.91 Å². The summed E-state index contributed by atoms with van der Waals surface area (Å²) in [7, 11) is 0. The Hall–Kier alpha value is -6.59. The minimum atomic E-state index is -1.46. The van der Waals surface area contributed by atoms with E-state index in [1.165, 1.54) is 17.4 Å². The number of fused-ring (bicyclic) bond motifs is 1. The lowest BCUT2D eigenvalue weighted by Gasteiger charge is -2.17. The molecule has 0 unspecified atom stereocenters. The van der Waals surface area contributed by atoms with E-state index in [1.54, 1.807) is 0 Å². The van der Waals surface area contributed by atoms with Crippen LogP contribution in [0.15, 0.2) is 134 Å². The van der Waals surface area contributed by atoms with Gasteiger partial charge in [0.1, 0.15) is 28.9 Å². The van der Waals surface area contributed by atoms with E-state index < -0.39 is 29.3 Å².